The number of carbonyl (C=O) groups excluding carboxylic acids is 1. The van der Waals surface area contributed by atoms with Crippen LogP contribution in [-0.2, 0) is 11.4 Å². The molecule has 1 fully saturated rings. The second-order valence-corrected chi connectivity index (χ2v) is 7.73. The van der Waals surface area contributed by atoms with Crippen molar-refractivity contribution in [3.8, 4) is 5.75 Å². The third kappa shape index (κ3) is 4.58. The lowest BCUT2D eigenvalue weighted by Gasteiger charge is -2.10. The van der Waals surface area contributed by atoms with Gasteiger partial charge in [0.25, 0.3) is 5.91 Å². The van der Waals surface area contributed by atoms with E-state index in [1.54, 1.807) is 42.5 Å². The highest BCUT2D eigenvalue weighted by Gasteiger charge is 2.30. The number of thioether (sulfide) groups is 1. The molecule has 3 rings (SSSR count). The van der Waals surface area contributed by atoms with Crippen LogP contribution in [0, 0.1) is 5.82 Å². The zero-order chi connectivity index (χ0) is 19.4. The van der Waals surface area contributed by atoms with Crippen molar-refractivity contribution < 1.29 is 13.9 Å². The van der Waals surface area contributed by atoms with Gasteiger partial charge in [0.15, 0.2) is 0 Å². The van der Waals surface area contributed by atoms with Crippen molar-refractivity contribution in [1.29, 1.82) is 0 Å². The van der Waals surface area contributed by atoms with Gasteiger partial charge in [0.2, 0.25) is 0 Å². The van der Waals surface area contributed by atoms with Crippen LogP contribution >= 0.6 is 35.6 Å². The normalized spacial score (nSPS) is 15.5. The zero-order valence-electron chi connectivity index (χ0n) is 14.2. The van der Waals surface area contributed by atoms with Gasteiger partial charge in [0.1, 0.15) is 22.5 Å². The van der Waals surface area contributed by atoms with Crippen LogP contribution in [0.2, 0.25) is 5.02 Å². The molecule has 0 atom stereocenters. The van der Waals surface area contributed by atoms with Crippen molar-refractivity contribution in [1.82, 2.24) is 4.90 Å². The fourth-order valence-corrected chi connectivity index (χ4v) is 3.95. The highest BCUT2D eigenvalue weighted by molar-refractivity contribution is 8.26. The first-order valence-corrected chi connectivity index (χ1v) is 9.62. The fourth-order valence-electron chi connectivity index (χ4n) is 2.46. The van der Waals surface area contributed by atoms with Gasteiger partial charge in [-0.1, -0.05) is 59.9 Å². The summed E-state index contributed by atoms with van der Waals surface area (Å²) >= 11 is 12.5. The van der Waals surface area contributed by atoms with E-state index in [1.807, 2.05) is 6.07 Å². The summed E-state index contributed by atoms with van der Waals surface area (Å²) in [5, 5.41) is 0.317. The first-order chi connectivity index (χ1) is 13.0. The van der Waals surface area contributed by atoms with Crippen LogP contribution in [0.15, 0.2) is 60.0 Å². The number of amides is 1. The van der Waals surface area contributed by atoms with Crippen molar-refractivity contribution in [3.05, 3.63) is 82.0 Å². The second-order valence-electron chi connectivity index (χ2n) is 5.64. The van der Waals surface area contributed by atoms with Gasteiger partial charge in [-0.2, -0.15) is 0 Å². The third-order valence-corrected chi connectivity index (χ3v) is 5.52. The van der Waals surface area contributed by atoms with E-state index in [-0.39, 0.29) is 12.5 Å². The molecule has 1 amide bonds. The molecule has 0 spiro atoms. The minimum absolute atomic E-state index is 0.0103. The highest BCUT2D eigenvalue weighted by Crippen LogP contribution is 2.33. The summed E-state index contributed by atoms with van der Waals surface area (Å²) < 4.78 is 20.0. The second kappa shape index (κ2) is 8.69. The Morgan fingerprint density at radius 3 is 2.81 bits per heavy atom. The van der Waals surface area contributed by atoms with E-state index >= 15 is 0 Å². The van der Waals surface area contributed by atoms with Crippen LogP contribution in [0.5, 0.6) is 5.75 Å². The molecule has 1 saturated heterocycles. The monoisotopic (exact) mass is 419 g/mol. The third-order valence-electron chi connectivity index (χ3n) is 3.79. The Bertz CT molecular complexity index is 925. The Morgan fingerprint density at radius 1 is 1.30 bits per heavy atom. The highest BCUT2D eigenvalue weighted by atomic mass is 35.5. The standard InChI is InChI=1S/C20H15ClFNO2S2/c1-2-9-23-19(24)18(27-20(23)26)11-13-5-3-6-14(10-13)25-12-15-16(21)7-4-8-17(15)22/h2-8,10-11H,1,9,12H2/b18-11-. The number of ether oxygens (including phenoxy) is 1. The summed E-state index contributed by atoms with van der Waals surface area (Å²) in [4.78, 5) is 14.4. The zero-order valence-corrected chi connectivity index (χ0v) is 16.5. The van der Waals surface area contributed by atoms with Gasteiger partial charge in [0, 0.05) is 12.1 Å². The summed E-state index contributed by atoms with van der Waals surface area (Å²) in [6.45, 7) is 4.03. The molecule has 0 radical (unpaired) electrons. The Kier molecular flexibility index (Phi) is 6.31. The summed E-state index contributed by atoms with van der Waals surface area (Å²) in [5.41, 5.74) is 1.08. The van der Waals surface area contributed by atoms with Crippen molar-refractivity contribution in [2.75, 3.05) is 6.54 Å². The molecular formula is C20H15ClFNO2S2. The fraction of sp³-hybridized carbons (Fsp3) is 0.100. The first kappa shape index (κ1) is 19.6. The van der Waals surface area contributed by atoms with E-state index in [0.717, 1.165) is 5.56 Å². The number of hydrogen-bond acceptors (Lipinski definition) is 4. The predicted molar refractivity (Wildman–Crippen MR) is 112 cm³/mol. The molecule has 7 heteroatoms. The van der Waals surface area contributed by atoms with Crippen LogP contribution in [0.3, 0.4) is 0 Å². The average molecular weight is 420 g/mol. The van der Waals surface area contributed by atoms with E-state index in [9.17, 15) is 9.18 Å². The van der Waals surface area contributed by atoms with Crippen LogP contribution in [0.4, 0.5) is 4.39 Å². The van der Waals surface area contributed by atoms with Crippen molar-refractivity contribution in [2.45, 2.75) is 6.61 Å². The molecule has 0 unspecified atom stereocenters. The minimum atomic E-state index is -0.412. The average Bonchev–Trinajstić information content (AvgIpc) is 2.89. The van der Waals surface area contributed by atoms with Crippen LogP contribution in [-0.4, -0.2) is 21.7 Å². The Morgan fingerprint density at radius 2 is 2.07 bits per heavy atom. The number of halogens is 2. The SMILES string of the molecule is C=CCN1C(=O)/C(=C/c2cccc(OCc3c(F)cccc3Cl)c2)SC1=S. The van der Waals surface area contributed by atoms with Crippen molar-refractivity contribution >= 4 is 51.9 Å². The molecule has 2 aromatic rings. The summed E-state index contributed by atoms with van der Waals surface area (Å²) in [6.07, 6.45) is 3.39. The van der Waals surface area contributed by atoms with Gasteiger partial charge in [0.05, 0.1) is 9.93 Å². The molecule has 1 heterocycles. The maximum atomic E-state index is 13.8. The molecule has 0 aliphatic carbocycles. The van der Waals surface area contributed by atoms with E-state index in [2.05, 4.69) is 6.58 Å². The minimum Gasteiger partial charge on any atom is -0.489 e. The lowest BCUT2D eigenvalue weighted by Crippen LogP contribution is -2.27. The lowest BCUT2D eigenvalue weighted by atomic mass is 10.2. The van der Waals surface area contributed by atoms with Crippen molar-refractivity contribution in [2.24, 2.45) is 0 Å². The van der Waals surface area contributed by atoms with Gasteiger partial charge in [-0.05, 0) is 35.9 Å². The molecule has 0 aromatic heterocycles. The maximum absolute atomic E-state index is 13.8. The number of nitrogens with zero attached hydrogens (tertiary/aromatic N) is 1. The van der Waals surface area contributed by atoms with E-state index in [4.69, 9.17) is 28.6 Å². The van der Waals surface area contributed by atoms with E-state index in [1.165, 1.54) is 22.7 Å². The Labute approximate surface area is 171 Å². The number of thiocarbonyl (C=S) groups is 1. The molecule has 3 nitrogen and oxygen atoms in total. The van der Waals surface area contributed by atoms with Crippen LogP contribution in [0.25, 0.3) is 6.08 Å². The quantitative estimate of drug-likeness (QED) is 0.354. The number of carbonyl (C=O) groups is 1. The largest absolute Gasteiger partial charge is 0.489 e. The first-order valence-electron chi connectivity index (χ1n) is 8.01. The smallest absolute Gasteiger partial charge is 0.266 e. The lowest BCUT2D eigenvalue weighted by molar-refractivity contribution is -0.121. The van der Waals surface area contributed by atoms with E-state index < -0.39 is 5.82 Å². The van der Waals surface area contributed by atoms with Gasteiger partial charge in [-0.3, -0.25) is 9.69 Å². The summed E-state index contributed by atoms with van der Waals surface area (Å²) in [6, 6.07) is 11.7. The predicted octanol–water partition coefficient (Wildman–Crippen LogP) is 5.45. The topological polar surface area (TPSA) is 29.5 Å². The molecule has 27 heavy (non-hydrogen) atoms. The number of benzene rings is 2. The molecule has 2 aromatic carbocycles. The molecule has 0 saturated carbocycles. The Balaban J connectivity index is 1.75. The number of hydrogen-bond donors (Lipinski definition) is 0. The molecule has 0 bridgehead atoms. The summed E-state index contributed by atoms with van der Waals surface area (Å²) in [5.74, 6) is -0.0106. The van der Waals surface area contributed by atoms with Crippen molar-refractivity contribution in [3.63, 3.8) is 0 Å². The van der Waals surface area contributed by atoms with Gasteiger partial charge < -0.3 is 4.74 Å². The molecule has 1 aliphatic heterocycles. The van der Waals surface area contributed by atoms with Gasteiger partial charge in [-0.15, -0.1) is 6.58 Å². The molecule has 138 valence electrons. The van der Waals surface area contributed by atoms with Crippen LogP contribution in [0.1, 0.15) is 11.1 Å². The molecule has 1 aliphatic rings. The van der Waals surface area contributed by atoms with Gasteiger partial charge >= 0.3 is 0 Å². The molecule has 0 N–H and O–H groups in total. The van der Waals surface area contributed by atoms with Gasteiger partial charge in [-0.25, -0.2) is 4.39 Å². The molecular weight excluding hydrogens is 405 g/mol. The summed E-state index contributed by atoms with van der Waals surface area (Å²) in [7, 11) is 0. The number of rotatable bonds is 6. The maximum Gasteiger partial charge on any atom is 0.266 e. The Hall–Kier alpha value is -2.15. The van der Waals surface area contributed by atoms with E-state index in [0.29, 0.717) is 32.1 Å². The van der Waals surface area contributed by atoms with Crippen LogP contribution < -0.4 is 4.74 Å².